The number of benzene rings is 2. The first-order valence-electron chi connectivity index (χ1n) is 14.3. The van der Waals surface area contributed by atoms with Gasteiger partial charge in [-0.3, -0.25) is 9.78 Å². The van der Waals surface area contributed by atoms with Gasteiger partial charge in [0.05, 0.1) is 28.7 Å². The summed E-state index contributed by atoms with van der Waals surface area (Å²) in [6.45, 7) is 17.6. The third-order valence-corrected chi connectivity index (χ3v) is 8.79. The number of aryl methyl sites for hydroxylation is 3. The van der Waals surface area contributed by atoms with Gasteiger partial charge in [0.15, 0.2) is 0 Å². The van der Waals surface area contributed by atoms with Crippen molar-refractivity contribution in [1.82, 2.24) is 4.98 Å². The molecule has 1 saturated heterocycles. The van der Waals surface area contributed by atoms with Gasteiger partial charge in [-0.05, 0) is 67.5 Å². The van der Waals surface area contributed by atoms with E-state index in [4.69, 9.17) is 9.72 Å². The van der Waals surface area contributed by atoms with E-state index in [-0.39, 0.29) is 17.4 Å². The Labute approximate surface area is 234 Å². The van der Waals surface area contributed by atoms with E-state index in [9.17, 15) is 4.79 Å². The van der Waals surface area contributed by atoms with Gasteiger partial charge in [0.2, 0.25) is 0 Å². The molecule has 0 aliphatic carbocycles. The number of carbonyl (C=O) groups is 1. The van der Waals surface area contributed by atoms with Crippen LogP contribution in [0.25, 0.3) is 11.3 Å². The van der Waals surface area contributed by atoms with Crippen LogP contribution in [0.4, 0.5) is 11.4 Å². The summed E-state index contributed by atoms with van der Waals surface area (Å²) in [7, 11) is 1.81. The molecule has 5 nitrogen and oxygen atoms in total. The third kappa shape index (κ3) is 4.98. The molecule has 2 aliphatic heterocycles. The topological polar surface area (TPSA) is 45.7 Å². The fraction of sp³-hybridized carbons (Fsp3) is 0.471. The van der Waals surface area contributed by atoms with Crippen LogP contribution in [0.5, 0.6) is 0 Å². The van der Waals surface area contributed by atoms with Crippen molar-refractivity contribution in [3.05, 3.63) is 76.0 Å². The molecule has 0 spiro atoms. The molecule has 1 amide bonds. The first-order valence-corrected chi connectivity index (χ1v) is 14.3. The number of pyridine rings is 1. The Morgan fingerprint density at radius 2 is 1.67 bits per heavy atom. The van der Waals surface area contributed by atoms with E-state index >= 15 is 0 Å². The summed E-state index contributed by atoms with van der Waals surface area (Å²) in [5.74, 6) is 0.459. The zero-order valence-electron chi connectivity index (χ0n) is 24.9. The lowest BCUT2D eigenvalue weighted by Crippen LogP contribution is -2.50. The van der Waals surface area contributed by atoms with Gasteiger partial charge in [-0.25, -0.2) is 0 Å². The number of methoxy groups -OCH3 is 1. The molecule has 1 fully saturated rings. The number of anilines is 2. The minimum Gasteiger partial charge on any atom is -0.381 e. The van der Waals surface area contributed by atoms with Crippen molar-refractivity contribution < 1.29 is 9.53 Å². The number of aromatic nitrogens is 1. The molecule has 0 N–H and O–H groups in total. The molecule has 0 radical (unpaired) electrons. The van der Waals surface area contributed by atoms with Crippen LogP contribution in [0.2, 0.25) is 0 Å². The average molecular weight is 526 g/mol. The van der Waals surface area contributed by atoms with Crippen LogP contribution in [0.3, 0.4) is 0 Å². The molecule has 3 aromatic rings. The van der Waals surface area contributed by atoms with Gasteiger partial charge in [-0.2, -0.15) is 0 Å². The maximum Gasteiger partial charge on any atom is 0.262 e. The highest BCUT2D eigenvalue weighted by Gasteiger charge is 2.39. The fourth-order valence-electron chi connectivity index (χ4n) is 6.53. The minimum absolute atomic E-state index is 0.0402. The molecule has 2 aromatic carbocycles. The van der Waals surface area contributed by atoms with E-state index in [1.54, 1.807) is 0 Å². The third-order valence-electron chi connectivity index (χ3n) is 8.79. The van der Waals surface area contributed by atoms with Crippen molar-refractivity contribution >= 4 is 17.3 Å². The summed E-state index contributed by atoms with van der Waals surface area (Å²) in [4.78, 5) is 24.0. The first kappa shape index (κ1) is 27.4. The van der Waals surface area contributed by atoms with Crippen molar-refractivity contribution in [3.63, 3.8) is 0 Å². The summed E-state index contributed by atoms with van der Waals surface area (Å²) in [6.07, 6.45) is 1.85. The second-order valence-electron chi connectivity index (χ2n) is 12.4. The molecule has 1 atom stereocenters. The Hall–Kier alpha value is -3.18. The van der Waals surface area contributed by atoms with E-state index in [2.05, 4.69) is 95.8 Å². The molecule has 39 heavy (non-hydrogen) atoms. The summed E-state index contributed by atoms with van der Waals surface area (Å²) < 4.78 is 5.85. The number of rotatable bonds is 5. The van der Waals surface area contributed by atoms with Gasteiger partial charge >= 0.3 is 0 Å². The van der Waals surface area contributed by atoms with Gasteiger partial charge in [-0.15, -0.1) is 0 Å². The average Bonchev–Trinajstić information content (AvgIpc) is 2.88. The minimum atomic E-state index is -0.0402. The van der Waals surface area contributed by atoms with Crippen molar-refractivity contribution in [2.75, 3.05) is 36.5 Å². The molecule has 5 rings (SSSR count). The predicted octanol–water partition coefficient (Wildman–Crippen LogP) is 7.25. The highest BCUT2D eigenvalue weighted by atomic mass is 16.5. The van der Waals surface area contributed by atoms with Crippen LogP contribution in [-0.2, 0) is 11.2 Å². The van der Waals surface area contributed by atoms with Crippen molar-refractivity contribution in [1.29, 1.82) is 0 Å². The van der Waals surface area contributed by atoms with E-state index in [1.165, 1.54) is 22.3 Å². The van der Waals surface area contributed by atoms with Crippen molar-refractivity contribution in [3.8, 4) is 11.3 Å². The standard InChI is InChI=1S/C34H43N3O2/c1-21(2)25-13-12-22(3)28(18-25)37-17-14-26-32(33(37)38)29(36-16-15-30(39-8)34(6,7)20-36)19-27(35-26)31-23(4)10-9-11-24(31)5/h9-13,18-19,21,30H,14-17,20H2,1-8H3/t30-/m0/s1. The van der Waals surface area contributed by atoms with Crippen LogP contribution < -0.4 is 9.80 Å². The number of hydrogen-bond acceptors (Lipinski definition) is 4. The Morgan fingerprint density at radius 1 is 0.949 bits per heavy atom. The second kappa shape index (κ2) is 10.4. The molecular weight excluding hydrogens is 482 g/mol. The number of hydrogen-bond donors (Lipinski definition) is 0. The molecule has 0 saturated carbocycles. The smallest absolute Gasteiger partial charge is 0.262 e. The van der Waals surface area contributed by atoms with Crippen LogP contribution in [0.15, 0.2) is 42.5 Å². The Bertz CT molecular complexity index is 1390. The summed E-state index contributed by atoms with van der Waals surface area (Å²) in [6, 6.07) is 15.1. The van der Waals surface area contributed by atoms with E-state index < -0.39 is 0 Å². The van der Waals surface area contributed by atoms with Crippen LogP contribution in [0, 0.1) is 26.2 Å². The van der Waals surface area contributed by atoms with Gasteiger partial charge in [0, 0.05) is 49.8 Å². The molecule has 1 aromatic heterocycles. The number of fused-ring (bicyclic) bond motifs is 1. The number of nitrogens with zero attached hydrogens (tertiary/aromatic N) is 3. The summed E-state index contributed by atoms with van der Waals surface area (Å²) in [5.41, 5.74) is 10.6. The Kier molecular flexibility index (Phi) is 7.32. The highest BCUT2D eigenvalue weighted by molar-refractivity contribution is 6.12. The zero-order chi connectivity index (χ0) is 28.1. The lowest BCUT2D eigenvalue weighted by atomic mass is 9.80. The number of piperidine rings is 1. The maximum atomic E-state index is 14.4. The number of amides is 1. The quantitative estimate of drug-likeness (QED) is 0.352. The maximum absolute atomic E-state index is 14.4. The lowest BCUT2D eigenvalue weighted by Gasteiger charge is -2.45. The molecule has 2 aliphatic rings. The normalized spacial score (nSPS) is 19.0. The highest BCUT2D eigenvalue weighted by Crippen LogP contribution is 2.40. The van der Waals surface area contributed by atoms with Gasteiger partial charge in [0.1, 0.15) is 0 Å². The zero-order valence-corrected chi connectivity index (χ0v) is 24.9. The molecule has 5 heteroatoms. The monoisotopic (exact) mass is 525 g/mol. The van der Waals surface area contributed by atoms with Gasteiger partial charge in [-0.1, -0.05) is 58.0 Å². The van der Waals surface area contributed by atoms with E-state index in [1.807, 2.05) is 12.0 Å². The SMILES string of the molecule is CO[C@H]1CCN(c2cc(-c3c(C)cccc3C)nc3c2C(=O)N(c2cc(C(C)C)ccc2C)CC3)CC1(C)C. The number of ether oxygens (including phenoxy) is 1. The van der Waals surface area contributed by atoms with Crippen LogP contribution in [0.1, 0.15) is 78.3 Å². The predicted molar refractivity (Wildman–Crippen MR) is 161 cm³/mol. The van der Waals surface area contributed by atoms with Crippen molar-refractivity contribution in [2.45, 2.75) is 73.3 Å². The Morgan fingerprint density at radius 3 is 2.31 bits per heavy atom. The van der Waals surface area contributed by atoms with E-state index in [0.29, 0.717) is 12.5 Å². The lowest BCUT2D eigenvalue weighted by molar-refractivity contribution is -0.00631. The fourth-order valence-corrected chi connectivity index (χ4v) is 6.53. The molecule has 0 unspecified atom stereocenters. The summed E-state index contributed by atoms with van der Waals surface area (Å²) >= 11 is 0. The van der Waals surface area contributed by atoms with Crippen LogP contribution in [-0.4, -0.2) is 43.7 Å². The van der Waals surface area contributed by atoms with Gasteiger partial charge in [0.25, 0.3) is 5.91 Å². The Balaban J connectivity index is 1.66. The molecular formula is C34H43N3O2. The van der Waals surface area contributed by atoms with E-state index in [0.717, 1.165) is 59.8 Å². The summed E-state index contributed by atoms with van der Waals surface area (Å²) in [5, 5.41) is 0. The molecule has 206 valence electrons. The second-order valence-corrected chi connectivity index (χ2v) is 12.4. The number of carbonyl (C=O) groups excluding carboxylic acids is 1. The van der Waals surface area contributed by atoms with Gasteiger partial charge < -0.3 is 14.5 Å². The largest absolute Gasteiger partial charge is 0.381 e. The first-order chi connectivity index (χ1) is 18.5. The van der Waals surface area contributed by atoms with Crippen molar-refractivity contribution in [2.24, 2.45) is 5.41 Å². The molecule has 3 heterocycles. The molecule has 0 bridgehead atoms. The van der Waals surface area contributed by atoms with Crippen LogP contribution >= 0.6 is 0 Å².